The highest BCUT2D eigenvalue weighted by molar-refractivity contribution is 7.88. The molecule has 1 atom stereocenters. The molecule has 0 spiro atoms. The first kappa shape index (κ1) is 30.7. The number of carbonyl (C=O) groups excluding carboxylic acids is 2. The fraction of sp³-hybridized carbons (Fsp3) is 0.321. The Labute approximate surface area is 247 Å². The van der Waals surface area contributed by atoms with Gasteiger partial charge in [0.05, 0.1) is 21.9 Å². The molecule has 0 bridgehead atoms. The van der Waals surface area contributed by atoms with Crippen LogP contribution < -0.4 is 5.32 Å². The molecule has 0 unspecified atom stereocenters. The summed E-state index contributed by atoms with van der Waals surface area (Å²) in [7, 11) is -3.45. The zero-order valence-electron chi connectivity index (χ0n) is 22.1. The van der Waals surface area contributed by atoms with E-state index in [-0.39, 0.29) is 46.6 Å². The van der Waals surface area contributed by atoms with E-state index in [1.54, 1.807) is 29.2 Å². The van der Waals surface area contributed by atoms with E-state index < -0.39 is 33.8 Å². The van der Waals surface area contributed by atoms with Crippen molar-refractivity contribution in [2.45, 2.75) is 31.8 Å². The second-order valence-corrected chi connectivity index (χ2v) is 12.6. The normalized spacial score (nSPS) is 16.7. The van der Waals surface area contributed by atoms with Gasteiger partial charge in [0.25, 0.3) is 5.91 Å². The third-order valence-corrected chi connectivity index (χ3v) is 8.95. The zero-order chi connectivity index (χ0) is 29.9. The van der Waals surface area contributed by atoms with E-state index >= 15 is 0 Å². The molecule has 2 aliphatic rings. The first-order valence-corrected chi connectivity index (χ1v) is 15.3. The average molecular weight is 625 g/mol. The smallest absolute Gasteiger partial charge is 0.326 e. The summed E-state index contributed by atoms with van der Waals surface area (Å²) in [6.45, 7) is 0.805. The molecule has 2 N–H and O–H groups in total. The highest BCUT2D eigenvalue weighted by atomic mass is 35.5. The third-order valence-electron chi connectivity index (χ3n) is 6.98. The van der Waals surface area contributed by atoms with Crippen LogP contribution in [0.4, 0.5) is 4.39 Å². The van der Waals surface area contributed by atoms with Gasteiger partial charge >= 0.3 is 5.97 Å². The number of hydrogen-bond acceptors (Lipinski definition) is 5. The highest BCUT2D eigenvalue weighted by Crippen LogP contribution is 2.35. The first-order valence-electron chi connectivity index (χ1n) is 12.7. The second-order valence-electron chi connectivity index (χ2n) is 9.87. The Kier molecular flexibility index (Phi) is 9.53. The summed E-state index contributed by atoms with van der Waals surface area (Å²) in [5, 5.41) is 12.3. The predicted octanol–water partition coefficient (Wildman–Crippen LogP) is 3.90. The van der Waals surface area contributed by atoms with Crippen molar-refractivity contribution in [1.29, 1.82) is 0 Å². The number of aliphatic carboxylic acids is 1. The lowest BCUT2D eigenvalue weighted by atomic mass is 9.96. The molecule has 0 saturated carbocycles. The van der Waals surface area contributed by atoms with Crippen LogP contribution >= 0.6 is 23.2 Å². The minimum absolute atomic E-state index is 0.00767. The van der Waals surface area contributed by atoms with E-state index in [0.29, 0.717) is 42.6 Å². The van der Waals surface area contributed by atoms with Crippen LogP contribution in [0.2, 0.25) is 10.0 Å². The summed E-state index contributed by atoms with van der Waals surface area (Å²) in [5.41, 5.74) is 2.04. The van der Waals surface area contributed by atoms with Crippen molar-refractivity contribution in [2.75, 3.05) is 25.9 Å². The standard InChI is InChI=1S/C28H28Cl2FN3O6S/c1-41(39,40)34-11-4-5-17(15-34)13-23(28(37)38)32-27(36)25-21(29)14-19-16-33(12-10-20(19)26(25)30)24(35)9-8-18-6-2-3-7-22(18)31/h2-3,5-9,14,23H,4,10-13,15-16H2,1H3,(H,32,36)(H,37,38)/t23-/m0/s1. The number of carbonyl (C=O) groups is 3. The number of halogens is 3. The maximum atomic E-state index is 13.9. The van der Waals surface area contributed by atoms with Crippen LogP contribution in [0.25, 0.3) is 6.08 Å². The summed E-state index contributed by atoms with van der Waals surface area (Å²) in [6.07, 6.45) is 6.22. The second kappa shape index (κ2) is 12.7. The van der Waals surface area contributed by atoms with Crippen molar-refractivity contribution in [3.8, 4) is 0 Å². The van der Waals surface area contributed by atoms with Gasteiger partial charge in [-0.15, -0.1) is 0 Å². The minimum Gasteiger partial charge on any atom is -0.480 e. The number of carboxylic acid groups (broad SMARTS) is 1. The van der Waals surface area contributed by atoms with E-state index in [4.69, 9.17) is 23.2 Å². The number of nitrogens with zero attached hydrogens (tertiary/aromatic N) is 2. The number of amides is 2. The van der Waals surface area contributed by atoms with Crippen molar-refractivity contribution < 1.29 is 32.3 Å². The van der Waals surface area contributed by atoms with Gasteiger partial charge in [-0.1, -0.05) is 53.1 Å². The van der Waals surface area contributed by atoms with Crippen molar-refractivity contribution in [3.63, 3.8) is 0 Å². The van der Waals surface area contributed by atoms with E-state index in [2.05, 4.69) is 5.32 Å². The van der Waals surface area contributed by atoms with Gasteiger partial charge in [0.15, 0.2) is 0 Å². The molecule has 2 aromatic carbocycles. The predicted molar refractivity (Wildman–Crippen MR) is 154 cm³/mol. The lowest BCUT2D eigenvalue weighted by molar-refractivity contribution is -0.139. The molecular weight excluding hydrogens is 596 g/mol. The van der Waals surface area contributed by atoms with Gasteiger partial charge in [0.1, 0.15) is 11.9 Å². The van der Waals surface area contributed by atoms with Gasteiger partial charge in [-0.05, 0) is 42.2 Å². The van der Waals surface area contributed by atoms with Gasteiger partial charge in [-0.25, -0.2) is 17.6 Å². The molecule has 0 aromatic heterocycles. The quantitative estimate of drug-likeness (QED) is 0.339. The number of fused-ring (bicyclic) bond motifs is 1. The van der Waals surface area contributed by atoms with Crippen molar-refractivity contribution in [1.82, 2.24) is 14.5 Å². The molecule has 4 rings (SSSR count). The molecule has 2 aromatic rings. The fourth-order valence-corrected chi connectivity index (χ4v) is 6.43. The maximum Gasteiger partial charge on any atom is 0.326 e. The highest BCUT2D eigenvalue weighted by Gasteiger charge is 2.30. The van der Waals surface area contributed by atoms with Crippen LogP contribution in [-0.2, 0) is 32.6 Å². The molecule has 2 amide bonds. The Morgan fingerprint density at radius 3 is 2.59 bits per heavy atom. The number of sulfonamides is 1. The van der Waals surface area contributed by atoms with Crippen LogP contribution in [0.1, 0.15) is 39.9 Å². The molecule has 0 radical (unpaired) electrons. The maximum absolute atomic E-state index is 13.9. The molecular formula is C28H28Cl2FN3O6S. The van der Waals surface area contributed by atoms with E-state index in [9.17, 15) is 32.3 Å². The number of benzene rings is 2. The topological polar surface area (TPSA) is 124 Å². The Morgan fingerprint density at radius 2 is 1.90 bits per heavy atom. The van der Waals surface area contributed by atoms with Gasteiger partial charge in [0, 0.05) is 44.2 Å². The Bertz CT molecular complexity index is 1560. The molecule has 13 heteroatoms. The van der Waals surface area contributed by atoms with Crippen LogP contribution in [-0.4, -0.2) is 72.4 Å². The summed E-state index contributed by atoms with van der Waals surface area (Å²) >= 11 is 13.0. The molecule has 0 aliphatic carbocycles. The van der Waals surface area contributed by atoms with Gasteiger partial charge in [-0.3, -0.25) is 9.59 Å². The molecule has 9 nitrogen and oxygen atoms in total. The Balaban J connectivity index is 1.47. The molecule has 0 saturated heterocycles. The zero-order valence-corrected chi connectivity index (χ0v) is 24.4. The van der Waals surface area contributed by atoms with Crippen LogP contribution in [0.5, 0.6) is 0 Å². The molecule has 0 fully saturated rings. The lowest BCUT2D eigenvalue weighted by Crippen LogP contribution is -2.43. The summed E-state index contributed by atoms with van der Waals surface area (Å²) in [6, 6.07) is 6.27. The molecule has 218 valence electrons. The summed E-state index contributed by atoms with van der Waals surface area (Å²) in [4.78, 5) is 39.5. The number of rotatable bonds is 8. The Morgan fingerprint density at radius 1 is 1.17 bits per heavy atom. The number of carboxylic acids is 1. The van der Waals surface area contributed by atoms with Crippen molar-refractivity contribution in [2.24, 2.45) is 0 Å². The van der Waals surface area contributed by atoms with Crippen LogP contribution in [0, 0.1) is 5.82 Å². The number of hydrogen-bond donors (Lipinski definition) is 2. The summed E-state index contributed by atoms with van der Waals surface area (Å²) in [5.74, 6) is -2.85. The fourth-order valence-electron chi connectivity index (χ4n) is 4.83. The van der Waals surface area contributed by atoms with Crippen LogP contribution in [0.3, 0.4) is 0 Å². The summed E-state index contributed by atoms with van der Waals surface area (Å²) < 4.78 is 39.0. The third kappa shape index (κ3) is 7.34. The lowest BCUT2D eigenvalue weighted by Gasteiger charge is -2.30. The van der Waals surface area contributed by atoms with Crippen molar-refractivity contribution >= 4 is 57.1 Å². The first-order chi connectivity index (χ1) is 19.3. The SMILES string of the molecule is CS(=O)(=O)N1CCC=C(C[C@H](NC(=O)c2c(Cl)cc3c(c2Cl)CCN(C(=O)C=Cc2ccccc2F)C3)C(=O)O)C1. The van der Waals surface area contributed by atoms with Crippen molar-refractivity contribution in [3.05, 3.63) is 86.2 Å². The van der Waals surface area contributed by atoms with E-state index in [0.717, 1.165) is 6.26 Å². The van der Waals surface area contributed by atoms with Crippen LogP contribution in [0.15, 0.2) is 48.1 Å². The van der Waals surface area contributed by atoms with Gasteiger partial charge < -0.3 is 15.3 Å². The monoisotopic (exact) mass is 623 g/mol. The van der Waals surface area contributed by atoms with E-state index in [1.165, 1.54) is 28.6 Å². The minimum atomic E-state index is -3.45. The number of nitrogens with one attached hydrogen (secondary N) is 1. The average Bonchev–Trinajstić information content (AvgIpc) is 2.91. The molecule has 2 aliphatic heterocycles. The van der Waals surface area contributed by atoms with Gasteiger partial charge in [-0.2, -0.15) is 4.31 Å². The van der Waals surface area contributed by atoms with Gasteiger partial charge in [0.2, 0.25) is 15.9 Å². The Hall–Kier alpha value is -3.25. The molecule has 41 heavy (non-hydrogen) atoms. The van der Waals surface area contributed by atoms with E-state index in [1.807, 2.05) is 0 Å². The molecule has 2 heterocycles. The largest absolute Gasteiger partial charge is 0.480 e.